The molecular weight excluding hydrogens is 124 g/mol. The molecule has 0 saturated carbocycles. The van der Waals surface area contributed by atoms with Gasteiger partial charge in [-0.25, -0.2) is 5.53 Å². The Morgan fingerprint density at radius 2 is 1.78 bits per heavy atom. The summed E-state index contributed by atoms with van der Waals surface area (Å²) in [6.45, 7) is 3.13. The van der Waals surface area contributed by atoms with E-state index in [-0.39, 0.29) is 0 Å². The quantitative estimate of drug-likeness (QED) is 0.0877. The lowest BCUT2D eigenvalue weighted by molar-refractivity contribution is 0.300. The van der Waals surface area contributed by atoms with E-state index in [1.807, 2.05) is 0 Å². The number of hydrazone groups is 1. The molecule has 0 atom stereocenters. The van der Waals surface area contributed by atoms with Crippen molar-refractivity contribution in [1.29, 1.82) is 0 Å². The van der Waals surface area contributed by atoms with E-state index in [0.29, 0.717) is 0 Å². The summed E-state index contributed by atoms with van der Waals surface area (Å²) in [6.07, 6.45) is 0. The highest BCUT2D eigenvalue weighted by molar-refractivity contribution is 5.21. The lowest BCUT2D eigenvalue weighted by atomic mass is 11.7. The number of hydrogen-bond donors (Lipinski definition) is 7. The molecule has 0 aliphatic heterocycles. The van der Waals surface area contributed by atoms with Gasteiger partial charge in [-0.15, -0.1) is 5.53 Å². The maximum atomic E-state index is 4.80. The first-order valence-corrected chi connectivity index (χ1v) is 2.08. The molecule has 0 saturated heterocycles. The van der Waals surface area contributed by atoms with E-state index in [9.17, 15) is 0 Å². The zero-order valence-corrected chi connectivity index (χ0v) is 4.73. The molecule has 0 aromatic heterocycles. The predicted octanol–water partition coefficient (Wildman–Crippen LogP) is -3.41. The van der Waals surface area contributed by atoms with Crippen molar-refractivity contribution in [3.63, 3.8) is 0 Å². The Morgan fingerprint density at radius 3 is 2.33 bits per heavy atom. The van der Waals surface area contributed by atoms with Gasteiger partial charge in [-0.05, 0) is 0 Å². The number of nitrogens with two attached hydrogens (primary N) is 1. The average Bonchev–Trinajstić information content (AvgIpc) is 1.89. The van der Waals surface area contributed by atoms with Crippen molar-refractivity contribution in [2.45, 2.75) is 0 Å². The molecule has 0 heterocycles. The predicted molar refractivity (Wildman–Crippen MR) is 32.6 cm³/mol. The summed E-state index contributed by atoms with van der Waals surface area (Å²) in [4.78, 5) is 0. The van der Waals surface area contributed by atoms with Crippen LogP contribution in [0.2, 0.25) is 0 Å². The molecule has 0 aliphatic rings. The van der Waals surface area contributed by atoms with Crippen molar-refractivity contribution in [2.75, 3.05) is 0 Å². The number of rotatable bonds is 6. The molecule has 9 heavy (non-hydrogen) atoms. The third kappa shape index (κ3) is 7.23. The first kappa shape index (κ1) is 8.23. The Kier molecular flexibility index (Phi) is 6.61. The molecule has 54 valence electrons. The molecule has 8 heteroatoms. The van der Waals surface area contributed by atoms with Gasteiger partial charge in [0.1, 0.15) is 0 Å². The second-order valence-corrected chi connectivity index (χ2v) is 0.914. The Hall–Kier alpha value is -0.770. The second kappa shape index (κ2) is 7.23. The van der Waals surface area contributed by atoms with Crippen LogP contribution in [-0.2, 0) is 0 Å². The van der Waals surface area contributed by atoms with Gasteiger partial charge in [-0.2, -0.15) is 27.2 Å². The van der Waals surface area contributed by atoms with Crippen LogP contribution in [0.1, 0.15) is 0 Å². The Balaban J connectivity index is 2.66. The van der Waals surface area contributed by atoms with Crippen LogP contribution >= 0.6 is 0 Å². The molecular formula is CH10N8. The summed E-state index contributed by atoms with van der Waals surface area (Å²) >= 11 is 0. The molecule has 0 aromatic rings. The van der Waals surface area contributed by atoms with Crippen molar-refractivity contribution in [2.24, 2.45) is 10.9 Å². The van der Waals surface area contributed by atoms with Crippen molar-refractivity contribution >= 4 is 6.72 Å². The third-order valence-electron chi connectivity index (χ3n) is 0.395. The van der Waals surface area contributed by atoms with Gasteiger partial charge in [0, 0.05) is 6.72 Å². The van der Waals surface area contributed by atoms with Crippen LogP contribution in [0.5, 0.6) is 0 Å². The van der Waals surface area contributed by atoms with Crippen LogP contribution in [0.4, 0.5) is 0 Å². The minimum atomic E-state index is 2.11. The second-order valence-electron chi connectivity index (χ2n) is 0.914. The summed E-state index contributed by atoms with van der Waals surface area (Å²) in [7, 11) is 0. The molecule has 0 bridgehead atoms. The van der Waals surface area contributed by atoms with E-state index in [1.54, 1.807) is 0 Å². The van der Waals surface area contributed by atoms with Crippen LogP contribution in [0.15, 0.2) is 5.10 Å². The fraction of sp³-hybridized carbons (Fsp3) is 0. The first-order valence-electron chi connectivity index (χ1n) is 2.08. The van der Waals surface area contributed by atoms with Crippen molar-refractivity contribution < 1.29 is 0 Å². The fourth-order valence-corrected chi connectivity index (χ4v) is 0.166. The van der Waals surface area contributed by atoms with Gasteiger partial charge >= 0.3 is 0 Å². The Morgan fingerprint density at radius 1 is 1.11 bits per heavy atom. The topological polar surface area (TPSA) is 111 Å². The lowest BCUT2D eigenvalue weighted by Crippen LogP contribution is -2.59. The number of nitrogens with one attached hydrogen (secondary N) is 6. The zero-order chi connectivity index (χ0) is 6.95. The van der Waals surface area contributed by atoms with Gasteiger partial charge in [0.25, 0.3) is 0 Å². The van der Waals surface area contributed by atoms with E-state index in [1.165, 1.54) is 0 Å². The smallest absolute Gasteiger partial charge is 0.0121 e. The fourth-order valence-electron chi connectivity index (χ4n) is 0.166. The molecule has 0 fully saturated rings. The first-order chi connectivity index (χ1) is 4.41. The van der Waals surface area contributed by atoms with Gasteiger partial charge in [0.15, 0.2) is 0 Å². The van der Waals surface area contributed by atoms with Crippen molar-refractivity contribution in [1.82, 2.24) is 33.2 Å². The van der Waals surface area contributed by atoms with Gasteiger partial charge < -0.3 is 0 Å². The molecule has 0 radical (unpaired) electrons. The summed E-state index contributed by atoms with van der Waals surface area (Å²) < 4.78 is 0. The number of nitrogens with zero attached hydrogens (tertiary/aromatic N) is 1. The molecule has 8 N–H and O–H groups in total. The molecule has 0 aromatic carbocycles. The van der Waals surface area contributed by atoms with E-state index in [2.05, 4.69) is 45.0 Å². The number of hydrazine groups is 6. The molecule has 8 nitrogen and oxygen atoms in total. The molecule has 0 amide bonds. The Bertz CT molecular complexity index is 59.6. The maximum Gasteiger partial charge on any atom is 0.0121 e. The maximum absolute atomic E-state index is 4.80. The summed E-state index contributed by atoms with van der Waals surface area (Å²) in [5.74, 6) is 4.80. The summed E-state index contributed by atoms with van der Waals surface area (Å²) in [5, 5.41) is 3.24. The van der Waals surface area contributed by atoms with Crippen LogP contribution < -0.4 is 39.1 Å². The number of hydrogen-bond acceptors (Lipinski definition) is 8. The van der Waals surface area contributed by atoms with E-state index in [4.69, 9.17) is 5.84 Å². The minimum Gasteiger partial charge on any atom is -0.257 e. The molecule has 0 unspecified atom stereocenters. The SMILES string of the molecule is C=NNNNNNNN. The van der Waals surface area contributed by atoms with Crippen molar-refractivity contribution in [3.8, 4) is 0 Å². The largest absolute Gasteiger partial charge is 0.257 e. The molecule has 0 aliphatic carbocycles. The van der Waals surface area contributed by atoms with Gasteiger partial charge in [0.05, 0.1) is 0 Å². The molecule has 0 rings (SSSR count). The monoisotopic (exact) mass is 134 g/mol. The van der Waals surface area contributed by atoms with E-state index in [0.717, 1.165) is 0 Å². The van der Waals surface area contributed by atoms with Gasteiger partial charge in [0.2, 0.25) is 0 Å². The van der Waals surface area contributed by atoms with Crippen LogP contribution in [0.25, 0.3) is 0 Å². The van der Waals surface area contributed by atoms with Crippen LogP contribution in [0, 0.1) is 0 Å². The normalized spacial score (nSPS) is 9.00. The van der Waals surface area contributed by atoms with Gasteiger partial charge in [-0.1, -0.05) is 0 Å². The van der Waals surface area contributed by atoms with E-state index < -0.39 is 0 Å². The zero-order valence-electron chi connectivity index (χ0n) is 4.73. The van der Waals surface area contributed by atoms with Crippen LogP contribution in [-0.4, -0.2) is 6.72 Å². The highest BCUT2D eigenvalue weighted by Crippen LogP contribution is 1.32. The Labute approximate surface area is 52.1 Å². The standard InChI is InChI=1S/CH10N8/c1-3-5-7-9-8-6-4-2/h4-9H,1-2H2. The summed E-state index contributed by atoms with van der Waals surface area (Å²) in [5.41, 5.74) is 13.8. The third-order valence-corrected chi connectivity index (χ3v) is 0.395. The summed E-state index contributed by atoms with van der Waals surface area (Å²) in [6, 6.07) is 0. The van der Waals surface area contributed by atoms with E-state index >= 15 is 0 Å². The van der Waals surface area contributed by atoms with Gasteiger partial charge in [-0.3, -0.25) is 5.84 Å². The highest BCUT2D eigenvalue weighted by atomic mass is 15.9. The lowest BCUT2D eigenvalue weighted by Gasteiger charge is -2.06. The highest BCUT2D eigenvalue weighted by Gasteiger charge is 1.72. The van der Waals surface area contributed by atoms with Crippen molar-refractivity contribution in [3.05, 3.63) is 0 Å². The molecule has 0 spiro atoms. The minimum absolute atomic E-state index is 2.11. The van der Waals surface area contributed by atoms with Crippen LogP contribution in [0.3, 0.4) is 0 Å². The average molecular weight is 134 g/mol.